The van der Waals surface area contributed by atoms with E-state index in [4.69, 9.17) is 9.47 Å². The summed E-state index contributed by atoms with van der Waals surface area (Å²) in [4.78, 5) is 14.0. The fraction of sp³-hybridized carbons (Fsp3) is 0.611. The summed E-state index contributed by atoms with van der Waals surface area (Å²) < 4.78 is 10.5. The number of nitrogens with one attached hydrogen (secondary N) is 1. The summed E-state index contributed by atoms with van der Waals surface area (Å²) in [5.74, 6) is 1.27. The average Bonchev–Trinajstić information content (AvgIpc) is 2.61. The molecule has 1 heterocycles. The fourth-order valence-electron chi connectivity index (χ4n) is 2.90. The smallest absolute Gasteiger partial charge is 0.317 e. The van der Waals surface area contributed by atoms with Crippen molar-refractivity contribution in [1.82, 2.24) is 10.2 Å². The molecule has 5 heteroatoms. The van der Waals surface area contributed by atoms with Crippen LogP contribution in [0.15, 0.2) is 24.3 Å². The Morgan fingerprint density at radius 3 is 2.48 bits per heavy atom. The normalized spacial score (nSPS) is 16.9. The van der Waals surface area contributed by atoms with Crippen LogP contribution in [0.5, 0.6) is 5.75 Å². The van der Waals surface area contributed by atoms with Gasteiger partial charge in [-0.05, 0) is 42.9 Å². The van der Waals surface area contributed by atoms with E-state index in [-0.39, 0.29) is 6.03 Å². The van der Waals surface area contributed by atoms with Gasteiger partial charge in [0.1, 0.15) is 5.75 Å². The zero-order valence-electron chi connectivity index (χ0n) is 14.4. The van der Waals surface area contributed by atoms with Gasteiger partial charge in [0.05, 0.1) is 13.2 Å². The molecule has 128 valence electrons. The van der Waals surface area contributed by atoms with Crippen molar-refractivity contribution in [3.63, 3.8) is 0 Å². The van der Waals surface area contributed by atoms with Crippen LogP contribution in [0.1, 0.15) is 37.7 Å². The molecule has 5 nitrogen and oxygen atoms in total. The lowest BCUT2D eigenvalue weighted by Crippen LogP contribution is -2.46. The van der Waals surface area contributed by atoms with Crippen LogP contribution in [0.4, 0.5) is 4.79 Å². The Morgan fingerprint density at radius 2 is 1.91 bits per heavy atom. The van der Waals surface area contributed by atoms with Crippen LogP contribution in [0, 0.1) is 0 Å². The van der Waals surface area contributed by atoms with Gasteiger partial charge in [-0.25, -0.2) is 4.79 Å². The summed E-state index contributed by atoms with van der Waals surface area (Å²) in [5.41, 5.74) is 1.26. The number of nitrogens with zero attached hydrogens (tertiary/aromatic N) is 1. The molecule has 1 atom stereocenters. The molecule has 0 saturated carbocycles. The lowest BCUT2D eigenvalue weighted by Gasteiger charge is -2.31. The van der Waals surface area contributed by atoms with Crippen LogP contribution < -0.4 is 10.1 Å². The lowest BCUT2D eigenvalue weighted by molar-refractivity contribution is 0.0503. The highest BCUT2D eigenvalue weighted by atomic mass is 16.5. The van der Waals surface area contributed by atoms with Crippen molar-refractivity contribution in [3.05, 3.63) is 29.8 Å². The molecule has 0 unspecified atom stereocenters. The second kappa shape index (κ2) is 8.77. The number of urea groups is 1. The second-order valence-corrected chi connectivity index (χ2v) is 6.12. The molecular weight excluding hydrogens is 292 g/mol. The van der Waals surface area contributed by atoms with Crippen LogP contribution in [0.2, 0.25) is 0 Å². The van der Waals surface area contributed by atoms with E-state index in [1.165, 1.54) is 5.56 Å². The van der Waals surface area contributed by atoms with E-state index in [1.807, 2.05) is 17.0 Å². The molecule has 1 aliphatic heterocycles. The van der Waals surface area contributed by atoms with Gasteiger partial charge in [-0.3, -0.25) is 0 Å². The molecule has 0 radical (unpaired) electrons. The zero-order valence-corrected chi connectivity index (χ0v) is 14.4. The van der Waals surface area contributed by atoms with Crippen LogP contribution in [-0.2, 0) is 4.74 Å². The van der Waals surface area contributed by atoms with Gasteiger partial charge in [-0.1, -0.05) is 19.1 Å². The molecule has 1 aromatic carbocycles. The summed E-state index contributed by atoms with van der Waals surface area (Å²) in [6, 6.07) is 8.16. The van der Waals surface area contributed by atoms with E-state index in [2.05, 4.69) is 24.4 Å². The van der Waals surface area contributed by atoms with Crippen molar-refractivity contribution in [2.24, 2.45) is 0 Å². The SMILES string of the molecule is COc1ccc([C@H](C)CCNC(=O)N2CCC(OC)CC2)cc1. The first-order valence-electron chi connectivity index (χ1n) is 8.33. The largest absolute Gasteiger partial charge is 0.497 e. The number of rotatable bonds is 6. The Bertz CT molecular complexity index is 482. The summed E-state index contributed by atoms with van der Waals surface area (Å²) in [6.45, 7) is 4.42. The van der Waals surface area contributed by atoms with Crippen molar-refractivity contribution in [3.8, 4) is 5.75 Å². The van der Waals surface area contributed by atoms with E-state index in [0.717, 1.165) is 38.1 Å². The highest BCUT2D eigenvalue weighted by Gasteiger charge is 2.22. The van der Waals surface area contributed by atoms with Gasteiger partial charge in [0.25, 0.3) is 0 Å². The molecule has 0 bridgehead atoms. The number of hydrogen-bond donors (Lipinski definition) is 1. The Kier molecular flexibility index (Phi) is 6.71. The van der Waals surface area contributed by atoms with Crippen molar-refractivity contribution in [2.75, 3.05) is 33.9 Å². The van der Waals surface area contributed by atoms with E-state index in [0.29, 0.717) is 18.6 Å². The molecule has 0 aliphatic carbocycles. The molecule has 23 heavy (non-hydrogen) atoms. The number of carbonyl (C=O) groups excluding carboxylic acids is 1. The van der Waals surface area contributed by atoms with E-state index in [9.17, 15) is 4.79 Å². The molecule has 1 saturated heterocycles. The molecule has 1 fully saturated rings. The molecule has 0 aromatic heterocycles. The molecule has 1 aliphatic rings. The minimum atomic E-state index is 0.0430. The van der Waals surface area contributed by atoms with E-state index >= 15 is 0 Å². The van der Waals surface area contributed by atoms with Crippen LogP contribution in [0.25, 0.3) is 0 Å². The van der Waals surface area contributed by atoms with Crippen LogP contribution in [0.3, 0.4) is 0 Å². The first-order valence-corrected chi connectivity index (χ1v) is 8.33. The summed E-state index contributed by atoms with van der Waals surface area (Å²) >= 11 is 0. The van der Waals surface area contributed by atoms with Gasteiger partial charge in [-0.15, -0.1) is 0 Å². The number of piperidine rings is 1. The number of carbonyl (C=O) groups is 1. The predicted octanol–water partition coefficient (Wildman–Crippen LogP) is 3.01. The van der Waals surface area contributed by atoms with Gasteiger partial charge in [0.2, 0.25) is 0 Å². The summed E-state index contributed by atoms with van der Waals surface area (Å²) in [5, 5.41) is 3.03. The molecule has 1 N–H and O–H groups in total. The summed E-state index contributed by atoms with van der Waals surface area (Å²) in [6.07, 6.45) is 3.07. The average molecular weight is 320 g/mol. The molecular formula is C18H28N2O3. The van der Waals surface area contributed by atoms with Crippen molar-refractivity contribution < 1.29 is 14.3 Å². The van der Waals surface area contributed by atoms with Crippen molar-refractivity contribution in [2.45, 2.75) is 38.2 Å². The zero-order chi connectivity index (χ0) is 16.7. The maximum atomic E-state index is 12.2. The fourth-order valence-corrected chi connectivity index (χ4v) is 2.90. The van der Waals surface area contributed by atoms with Crippen molar-refractivity contribution in [1.29, 1.82) is 0 Å². The van der Waals surface area contributed by atoms with E-state index < -0.39 is 0 Å². The Balaban J connectivity index is 1.70. The number of ether oxygens (including phenoxy) is 2. The lowest BCUT2D eigenvalue weighted by atomic mass is 9.98. The topological polar surface area (TPSA) is 50.8 Å². The molecule has 0 spiro atoms. The number of methoxy groups -OCH3 is 2. The number of hydrogen-bond acceptors (Lipinski definition) is 3. The monoisotopic (exact) mass is 320 g/mol. The van der Waals surface area contributed by atoms with E-state index in [1.54, 1.807) is 14.2 Å². The van der Waals surface area contributed by atoms with Gasteiger partial charge in [0, 0.05) is 26.7 Å². The quantitative estimate of drug-likeness (QED) is 0.876. The number of benzene rings is 1. The number of amides is 2. The molecule has 1 aromatic rings. The first kappa shape index (κ1) is 17.6. The van der Waals surface area contributed by atoms with Crippen LogP contribution >= 0.6 is 0 Å². The van der Waals surface area contributed by atoms with Gasteiger partial charge in [0.15, 0.2) is 0 Å². The highest BCUT2D eigenvalue weighted by molar-refractivity contribution is 5.74. The third-order valence-corrected chi connectivity index (χ3v) is 4.60. The first-order chi connectivity index (χ1) is 11.1. The maximum absolute atomic E-state index is 12.2. The van der Waals surface area contributed by atoms with Gasteiger partial charge in [-0.2, -0.15) is 0 Å². The maximum Gasteiger partial charge on any atom is 0.317 e. The molecule has 2 amide bonds. The minimum Gasteiger partial charge on any atom is -0.497 e. The molecule has 2 rings (SSSR count). The Labute approximate surface area is 139 Å². The predicted molar refractivity (Wildman–Crippen MR) is 91.0 cm³/mol. The highest BCUT2D eigenvalue weighted by Crippen LogP contribution is 2.21. The van der Waals surface area contributed by atoms with Gasteiger partial charge >= 0.3 is 6.03 Å². The Hall–Kier alpha value is -1.75. The Morgan fingerprint density at radius 1 is 1.26 bits per heavy atom. The van der Waals surface area contributed by atoms with Crippen LogP contribution in [-0.4, -0.2) is 50.9 Å². The second-order valence-electron chi connectivity index (χ2n) is 6.12. The number of likely N-dealkylation sites (tertiary alicyclic amines) is 1. The summed E-state index contributed by atoms with van der Waals surface area (Å²) in [7, 11) is 3.41. The third kappa shape index (κ3) is 5.13. The third-order valence-electron chi connectivity index (χ3n) is 4.60. The van der Waals surface area contributed by atoms with Crippen molar-refractivity contribution >= 4 is 6.03 Å². The standard InChI is InChI=1S/C18H28N2O3/c1-14(15-4-6-16(22-2)7-5-15)8-11-19-18(21)20-12-9-17(23-3)10-13-20/h4-7,14,17H,8-13H2,1-3H3,(H,19,21)/t14-/m1/s1. The van der Waals surface area contributed by atoms with Gasteiger partial charge < -0.3 is 19.7 Å². The minimum absolute atomic E-state index is 0.0430.